The minimum atomic E-state index is -1.54. The third-order valence-corrected chi connectivity index (χ3v) is 3.63. The molecule has 3 nitrogen and oxygen atoms in total. The van der Waals surface area contributed by atoms with Crippen molar-refractivity contribution in [3.8, 4) is 0 Å². The van der Waals surface area contributed by atoms with Gasteiger partial charge in [0.2, 0.25) is 0 Å². The van der Waals surface area contributed by atoms with Crippen LogP contribution in [0.25, 0.3) is 0 Å². The fourth-order valence-electron chi connectivity index (χ4n) is 1.48. The smallest absolute Gasteiger partial charge is 0.185 e. The summed E-state index contributed by atoms with van der Waals surface area (Å²) in [6.07, 6.45) is 1.26. The second-order valence-corrected chi connectivity index (χ2v) is 4.76. The molecule has 20 heavy (non-hydrogen) atoms. The van der Waals surface area contributed by atoms with E-state index >= 15 is 0 Å². The molecule has 0 aliphatic rings. The molecule has 0 saturated heterocycles. The number of nitrogen functional groups attached to an aromatic ring is 1. The van der Waals surface area contributed by atoms with Gasteiger partial charge < -0.3 is 11.1 Å². The molecule has 0 saturated carbocycles. The van der Waals surface area contributed by atoms with E-state index in [1.807, 2.05) is 0 Å². The van der Waals surface area contributed by atoms with Crippen molar-refractivity contribution in [1.82, 2.24) is 4.98 Å². The monoisotopic (exact) mass is 349 g/mol. The molecular formula is C12H8BrF4N3. The molecular weight excluding hydrogens is 342 g/mol. The van der Waals surface area contributed by atoms with E-state index in [0.717, 1.165) is 0 Å². The quantitative estimate of drug-likeness (QED) is 0.635. The molecule has 0 radical (unpaired) electrons. The number of nitrogens with zero attached hydrogens (tertiary/aromatic N) is 1. The van der Waals surface area contributed by atoms with Gasteiger partial charge in [-0.2, -0.15) is 0 Å². The highest BCUT2D eigenvalue weighted by atomic mass is 79.9. The fraction of sp³-hybridized carbons (Fsp3) is 0.0833. The Morgan fingerprint density at radius 3 is 2.25 bits per heavy atom. The second-order valence-electron chi connectivity index (χ2n) is 3.97. The summed E-state index contributed by atoms with van der Waals surface area (Å²) in [5.41, 5.74) is 5.57. The highest BCUT2D eigenvalue weighted by Crippen LogP contribution is 2.32. The molecule has 2 aromatic rings. The van der Waals surface area contributed by atoms with Crippen molar-refractivity contribution >= 4 is 33.1 Å². The maximum atomic E-state index is 13.5. The van der Waals surface area contributed by atoms with Crippen LogP contribution < -0.4 is 11.1 Å². The molecule has 0 unspecified atom stereocenters. The van der Waals surface area contributed by atoms with Gasteiger partial charge in [-0.1, -0.05) is 0 Å². The van der Waals surface area contributed by atoms with Gasteiger partial charge in [-0.3, -0.25) is 0 Å². The lowest BCUT2D eigenvalue weighted by atomic mass is 10.2. The summed E-state index contributed by atoms with van der Waals surface area (Å²) in [7, 11) is 0. The third-order valence-electron chi connectivity index (χ3n) is 2.66. The molecule has 106 valence electrons. The van der Waals surface area contributed by atoms with E-state index in [9.17, 15) is 17.6 Å². The first-order valence-electron chi connectivity index (χ1n) is 5.33. The number of nitrogens with one attached hydrogen (secondary N) is 1. The van der Waals surface area contributed by atoms with Gasteiger partial charge in [-0.25, -0.2) is 22.5 Å². The second kappa shape index (κ2) is 5.28. The molecule has 1 aromatic carbocycles. The van der Waals surface area contributed by atoms with Crippen LogP contribution in [-0.2, 0) is 0 Å². The Bertz CT molecular complexity index is 665. The number of nitrogens with two attached hydrogens (primary N) is 1. The largest absolute Gasteiger partial charge is 0.397 e. The summed E-state index contributed by atoms with van der Waals surface area (Å²) >= 11 is 3.14. The maximum absolute atomic E-state index is 13.5. The first kappa shape index (κ1) is 14.6. The average molecular weight is 350 g/mol. The first-order valence-corrected chi connectivity index (χ1v) is 6.12. The lowest BCUT2D eigenvalue weighted by Crippen LogP contribution is -2.05. The zero-order valence-corrected chi connectivity index (χ0v) is 11.7. The summed E-state index contributed by atoms with van der Waals surface area (Å²) in [6.45, 7) is 1.64. The molecule has 3 N–H and O–H groups in total. The van der Waals surface area contributed by atoms with Crippen LogP contribution in [0.5, 0.6) is 0 Å². The normalized spacial score (nSPS) is 10.7. The van der Waals surface area contributed by atoms with Gasteiger partial charge in [0.15, 0.2) is 23.3 Å². The molecule has 1 heterocycles. The van der Waals surface area contributed by atoms with E-state index in [0.29, 0.717) is 15.7 Å². The van der Waals surface area contributed by atoms with Crippen molar-refractivity contribution in [2.24, 2.45) is 0 Å². The Kier molecular flexibility index (Phi) is 3.85. The summed E-state index contributed by atoms with van der Waals surface area (Å²) < 4.78 is 53.6. The van der Waals surface area contributed by atoms with Gasteiger partial charge in [-0.15, -0.1) is 0 Å². The topological polar surface area (TPSA) is 50.9 Å². The Morgan fingerprint density at radius 1 is 1.15 bits per heavy atom. The number of anilines is 3. The van der Waals surface area contributed by atoms with Crippen molar-refractivity contribution in [1.29, 1.82) is 0 Å². The molecule has 0 aliphatic heterocycles. The van der Waals surface area contributed by atoms with Crippen molar-refractivity contribution in [2.45, 2.75) is 6.92 Å². The average Bonchev–Trinajstić information content (AvgIpc) is 2.41. The number of benzene rings is 1. The Morgan fingerprint density at radius 2 is 1.70 bits per heavy atom. The minimum absolute atomic E-state index is 0.0144. The van der Waals surface area contributed by atoms with Crippen LogP contribution in [0.2, 0.25) is 0 Å². The number of halogens is 5. The first-order chi connectivity index (χ1) is 9.32. The maximum Gasteiger partial charge on any atom is 0.185 e. The number of aromatic nitrogens is 1. The van der Waals surface area contributed by atoms with Crippen LogP contribution in [-0.4, -0.2) is 4.98 Å². The third kappa shape index (κ3) is 2.43. The number of hydrogen-bond donors (Lipinski definition) is 2. The van der Waals surface area contributed by atoms with Gasteiger partial charge in [0.05, 0.1) is 16.4 Å². The van der Waals surface area contributed by atoms with E-state index in [2.05, 4.69) is 26.2 Å². The predicted octanol–water partition coefficient (Wildman–Crippen LogP) is 4.03. The summed E-state index contributed by atoms with van der Waals surface area (Å²) in [4.78, 5) is 3.81. The van der Waals surface area contributed by atoms with Crippen molar-refractivity contribution < 1.29 is 17.6 Å². The van der Waals surface area contributed by atoms with Gasteiger partial charge >= 0.3 is 0 Å². The van der Waals surface area contributed by atoms with Crippen LogP contribution in [0, 0.1) is 30.2 Å². The number of pyridine rings is 1. The molecule has 0 atom stereocenters. The van der Waals surface area contributed by atoms with E-state index < -0.39 is 29.0 Å². The highest BCUT2D eigenvalue weighted by molar-refractivity contribution is 9.10. The van der Waals surface area contributed by atoms with Gasteiger partial charge in [0.25, 0.3) is 0 Å². The minimum Gasteiger partial charge on any atom is -0.397 e. The Hall–Kier alpha value is -1.83. The SMILES string of the molecule is Cc1c(N)cnc(Nc2c(F)c(F)cc(F)c2F)c1Br. The molecule has 1 aromatic heterocycles. The van der Waals surface area contributed by atoms with Crippen LogP contribution in [0.15, 0.2) is 16.7 Å². The van der Waals surface area contributed by atoms with Crippen LogP contribution in [0.3, 0.4) is 0 Å². The van der Waals surface area contributed by atoms with Crippen LogP contribution in [0.1, 0.15) is 5.56 Å². The van der Waals surface area contributed by atoms with Crippen molar-refractivity contribution in [3.05, 3.63) is 45.6 Å². The zero-order valence-electron chi connectivity index (χ0n) is 10.1. The van der Waals surface area contributed by atoms with Gasteiger partial charge in [0, 0.05) is 6.07 Å². The van der Waals surface area contributed by atoms with E-state index in [1.54, 1.807) is 6.92 Å². The van der Waals surface area contributed by atoms with Crippen molar-refractivity contribution in [3.63, 3.8) is 0 Å². The standard InChI is InChI=1S/C12H8BrF4N3/c1-4-7(18)3-19-12(8(4)13)20-11-9(16)5(14)2-6(15)10(11)17/h2-3H,18H2,1H3,(H,19,20). The highest BCUT2D eigenvalue weighted by Gasteiger charge is 2.20. The summed E-state index contributed by atoms with van der Waals surface area (Å²) in [6, 6.07) is 0.131. The number of hydrogen-bond acceptors (Lipinski definition) is 3. The summed E-state index contributed by atoms with van der Waals surface area (Å²) in [5, 5.41) is 2.21. The van der Waals surface area contributed by atoms with Gasteiger partial charge in [0.1, 0.15) is 11.5 Å². The molecule has 0 amide bonds. The Balaban J connectivity index is 2.54. The molecule has 0 fully saturated rings. The molecule has 0 spiro atoms. The fourth-order valence-corrected chi connectivity index (χ4v) is 1.91. The lowest BCUT2D eigenvalue weighted by Gasteiger charge is -2.12. The Labute approximate surface area is 119 Å². The summed E-state index contributed by atoms with van der Waals surface area (Å²) in [5.74, 6) is -6.09. The molecule has 8 heteroatoms. The van der Waals surface area contributed by atoms with E-state index in [-0.39, 0.29) is 11.9 Å². The molecule has 2 rings (SSSR count). The zero-order chi connectivity index (χ0) is 15.0. The van der Waals surface area contributed by atoms with Crippen molar-refractivity contribution in [2.75, 3.05) is 11.1 Å². The van der Waals surface area contributed by atoms with E-state index in [1.165, 1.54) is 6.20 Å². The number of rotatable bonds is 2. The molecule has 0 bridgehead atoms. The van der Waals surface area contributed by atoms with Gasteiger partial charge in [-0.05, 0) is 28.4 Å². The lowest BCUT2D eigenvalue weighted by molar-refractivity contribution is 0.459. The van der Waals surface area contributed by atoms with Crippen LogP contribution >= 0.6 is 15.9 Å². The predicted molar refractivity (Wildman–Crippen MR) is 70.6 cm³/mol. The van der Waals surface area contributed by atoms with E-state index in [4.69, 9.17) is 5.73 Å². The molecule has 0 aliphatic carbocycles. The van der Waals surface area contributed by atoms with Crippen LogP contribution in [0.4, 0.5) is 34.8 Å².